The lowest BCUT2D eigenvalue weighted by Crippen LogP contribution is -2.34. The number of amides is 1. The monoisotopic (exact) mass is 283 g/mol. The minimum absolute atomic E-state index is 0.0595. The Kier molecular flexibility index (Phi) is 3.89. The van der Waals surface area contributed by atoms with E-state index in [-0.39, 0.29) is 18.6 Å². The molecule has 1 aromatic carbocycles. The zero-order valence-electron chi connectivity index (χ0n) is 11.7. The summed E-state index contributed by atoms with van der Waals surface area (Å²) in [6.07, 6.45) is 3.95. The number of hydrogen-bond donors (Lipinski definition) is 1. The highest BCUT2D eigenvalue weighted by atomic mass is 16.5. The molecule has 1 fully saturated rings. The lowest BCUT2D eigenvalue weighted by atomic mass is 10.2. The first-order valence-electron chi connectivity index (χ1n) is 7.14. The van der Waals surface area contributed by atoms with E-state index >= 15 is 0 Å². The summed E-state index contributed by atoms with van der Waals surface area (Å²) in [7, 11) is 0. The molecule has 0 bridgehead atoms. The molecule has 21 heavy (non-hydrogen) atoms. The molecule has 1 atom stereocenters. The van der Waals surface area contributed by atoms with Gasteiger partial charge in [-0.1, -0.05) is 18.2 Å². The molecule has 0 unspecified atom stereocenters. The van der Waals surface area contributed by atoms with Crippen LogP contribution in [0.1, 0.15) is 18.4 Å². The first-order chi connectivity index (χ1) is 10.3. The van der Waals surface area contributed by atoms with Crippen LogP contribution in [0, 0.1) is 11.3 Å². The normalized spacial score (nSPS) is 17.8. The third kappa shape index (κ3) is 2.91. The maximum absolute atomic E-state index is 12.0. The van der Waals surface area contributed by atoms with Gasteiger partial charge in [-0.15, -0.1) is 0 Å². The number of aromatic nitrogens is 1. The number of fused-ring (bicyclic) bond motifs is 1. The van der Waals surface area contributed by atoms with Crippen molar-refractivity contribution in [2.75, 3.05) is 13.2 Å². The Morgan fingerprint density at radius 1 is 1.48 bits per heavy atom. The number of nitrogens with zero attached hydrogens (tertiary/aromatic N) is 2. The van der Waals surface area contributed by atoms with E-state index in [0.29, 0.717) is 12.1 Å². The molecule has 108 valence electrons. The molecule has 0 spiro atoms. The second-order valence-corrected chi connectivity index (χ2v) is 5.24. The van der Waals surface area contributed by atoms with Gasteiger partial charge in [0.1, 0.15) is 12.6 Å². The van der Waals surface area contributed by atoms with E-state index in [1.807, 2.05) is 28.8 Å². The molecule has 1 aromatic heterocycles. The molecule has 1 amide bonds. The van der Waals surface area contributed by atoms with Crippen LogP contribution in [0.25, 0.3) is 10.9 Å². The van der Waals surface area contributed by atoms with Crippen LogP contribution in [-0.2, 0) is 16.1 Å². The summed E-state index contributed by atoms with van der Waals surface area (Å²) in [4.78, 5) is 12.0. The van der Waals surface area contributed by atoms with Crippen LogP contribution in [0.4, 0.5) is 0 Å². The van der Waals surface area contributed by atoms with Crippen LogP contribution in [0.5, 0.6) is 0 Å². The van der Waals surface area contributed by atoms with Gasteiger partial charge < -0.3 is 14.6 Å². The summed E-state index contributed by atoms with van der Waals surface area (Å²) in [6, 6.07) is 9.79. The van der Waals surface area contributed by atoms with Crippen LogP contribution in [0.15, 0.2) is 30.5 Å². The molecule has 0 saturated carbocycles. The molecule has 1 aliphatic rings. The second kappa shape index (κ2) is 5.98. The molecular formula is C16H17N3O2. The minimum atomic E-state index is -0.0595. The van der Waals surface area contributed by atoms with Gasteiger partial charge in [0.2, 0.25) is 5.91 Å². The molecular weight excluding hydrogens is 266 g/mol. The van der Waals surface area contributed by atoms with Crippen LogP contribution in [-0.4, -0.2) is 29.7 Å². The van der Waals surface area contributed by atoms with Gasteiger partial charge in [-0.25, -0.2) is 0 Å². The van der Waals surface area contributed by atoms with E-state index in [1.54, 1.807) is 6.20 Å². The predicted molar refractivity (Wildman–Crippen MR) is 78.6 cm³/mol. The average molecular weight is 283 g/mol. The molecule has 2 heterocycles. The van der Waals surface area contributed by atoms with Crippen LogP contribution < -0.4 is 5.32 Å². The molecule has 1 N–H and O–H groups in total. The smallest absolute Gasteiger partial charge is 0.240 e. The Bertz CT molecular complexity index is 693. The summed E-state index contributed by atoms with van der Waals surface area (Å²) in [5, 5.41) is 12.9. The highest BCUT2D eigenvalue weighted by molar-refractivity contribution is 5.88. The number of rotatable bonds is 4. The van der Waals surface area contributed by atoms with Crippen molar-refractivity contribution in [3.8, 4) is 6.07 Å². The quantitative estimate of drug-likeness (QED) is 0.930. The Labute approximate surface area is 123 Å². The average Bonchev–Trinajstić information content (AvgIpc) is 3.13. The van der Waals surface area contributed by atoms with Crippen molar-refractivity contribution in [1.82, 2.24) is 9.88 Å². The molecule has 1 saturated heterocycles. The SMILES string of the molecule is N#Cc1cn(CC(=O)NC[C@@H]2CCCO2)c2ccccc12. The zero-order valence-corrected chi connectivity index (χ0v) is 11.7. The van der Waals surface area contributed by atoms with Gasteiger partial charge in [-0.3, -0.25) is 4.79 Å². The van der Waals surface area contributed by atoms with Crippen LogP contribution >= 0.6 is 0 Å². The number of nitriles is 1. The fourth-order valence-corrected chi connectivity index (χ4v) is 2.71. The van der Waals surface area contributed by atoms with E-state index in [0.717, 1.165) is 30.4 Å². The molecule has 0 aliphatic carbocycles. The number of carbonyl (C=O) groups excluding carboxylic acids is 1. The Morgan fingerprint density at radius 2 is 2.33 bits per heavy atom. The van der Waals surface area contributed by atoms with Gasteiger partial charge in [0, 0.05) is 30.3 Å². The van der Waals surface area contributed by atoms with E-state index in [4.69, 9.17) is 10.00 Å². The van der Waals surface area contributed by atoms with Gasteiger partial charge in [0.15, 0.2) is 0 Å². The van der Waals surface area contributed by atoms with Crippen LogP contribution in [0.2, 0.25) is 0 Å². The summed E-state index contributed by atoms with van der Waals surface area (Å²) >= 11 is 0. The molecule has 5 nitrogen and oxygen atoms in total. The van der Waals surface area contributed by atoms with E-state index < -0.39 is 0 Å². The highest BCUT2D eigenvalue weighted by Crippen LogP contribution is 2.20. The lowest BCUT2D eigenvalue weighted by molar-refractivity contribution is -0.122. The van der Waals surface area contributed by atoms with E-state index in [2.05, 4.69) is 11.4 Å². The lowest BCUT2D eigenvalue weighted by Gasteiger charge is -2.11. The zero-order chi connectivity index (χ0) is 14.7. The Balaban J connectivity index is 1.69. The number of ether oxygens (including phenoxy) is 1. The third-order valence-electron chi connectivity index (χ3n) is 3.77. The number of hydrogen-bond acceptors (Lipinski definition) is 3. The van der Waals surface area contributed by atoms with Crippen molar-refractivity contribution in [3.05, 3.63) is 36.0 Å². The summed E-state index contributed by atoms with van der Waals surface area (Å²) in [5.41, 5.74) is 1.50. The summed E-state index contributed by atoms with van der Waals surface area (Å²) in [6.45, 7) is 1.56. The second-order valence-electron chi connectivity index (χ2n) is 5.24. The fourth-order valence-electron chi connectivity index (χ4n) is 2.71. The summed E-state index contributed by atoms with van der Waals surface area (Å²) in [5.74, 6) is -0.0595. The molecule has 5 heteroatoms. The Hall–Kier alpha value is -2.32. The Morgan fingerprint density at radius 3 is 3.10 bits per heavy atom. The van der Waals surface area contributed by atoms with Crippen molar-refractivity contribution in [2.24, 2.45) is 0 Å². The molecule has 0 radical (unpaired) electrons. The number of para-hydroxylation sites is 1. The highest BCUT2D eigenvalue weighted by Gasteiger charge is 2.16. The van der Waals surface area contributed by atoms with Crippen molar-refractivity contribution >= 4 is 16.8 Å². The van der Waals surface area contributed by atoms with Gasteiger partial charge >= 0.3 is 0 Å². The van der Waals surface area contributed by atoms with E-state index in [1.165, 1.54) is 0 Å². The first-order valence-corrected chi connectivity index (χ1v) is 7.14. The van der Waals surface area contributed by atoms with Gasteiger partial charge in [-0.05, 0) is 18.9 Å². The van der Waals surface area contributed by atoms with Crippen molar-refractivity contribution < 1.29 is 9.53 Å². The summed E-state index contributed by atoms with van der Waals surface area (Å²) < 4.78 is 7.30. The number of benzene rings is 1. The maximum atomic E-state index is 12.0. The van der Waals surface area contributed by atoms with E-state index in [9.17, 15) is 4.79 Å². The standard InChI is InChI=1S/C16H17N3O2/c17-8-12-10-19(15-6-2-1-5-14(12)15)11-16(20)18-9-13-4-3-7-21-13/h1-2,5-6,10,13H,3-4,7,9,11H2,(H,18,20)/t13-/m0/s1. The molecule has 2 aromatic rings. The first kappa shape index (κ1) is 13.7. The van der Waals surface area contributed by atoms with Crippen LogP contribution in [0.3, 0.4) is 0 Å². The topological polar surface area (TPSA) is 67.0 Å². The molecule has 3 rings (SSSR count). The molecule has 1 aliphatic heterocycles. The predicted octanol–water partition coefficient (Wildman–Crippen LogP) is 1.81. The van der Waals surface area contributed by atoms with Gasteiger partial charge in [0.25, 0.3) is 0 Å². The maximum Gasteiger partial charge on any atom is 0.240 e. The van der Waals surface area contributed by atoms with Gasteiger partial charge in [0.05, 0.1) is 11.7 Å². The number of carbonyl (C=O) groups is 1. The number of nitrogens with one attached hydrogen (secondary N) is 1. The van der Waals surface area contributed by atoms with Crippen molar-refractivity contribution in [1.29, 1.82) is 5.26 Å². The van der Waals surface area contributed by atoms with Gasteiger partial charge in [-0.2, -0.15) is 5.26 Å². The largest absolute Gasteiger partial charge is 0.376 e. The van der Waals surface area contributed by atoms with Crippen molar-refractivity contribution in [3.63, 3.8) is 0 Å². The van der Waals surface area contributed by atoms with Crippen molar-refractivity contribution in [2.45, 2.75) is 25.5 Å². The minimum Gasteiger partial charge on any atom is -0.376 e. The third-order valence-corrected chi connectivity index (χ3v) is 3.77. The fraction of sp³-hybridized carbons (Fsp3) is 0.375.